The second kappa shape index (κ2) is 4.04. The molecule has 0 amide bonds. The molecular weight excluding hydrogens is 144 g/mol. The van der Waals surface area contributed by atoms with E-state index in [1.807, 2.05) is 0 Å². The van der Waals surface area contributed by atoms with E-state index >= 15 is 0 Å². The second-order valence-electron chi connectivity index (χ2n) is 3.28. The van der Waals surface area contributed by atoms with Crippen LogP contribution in [-0.4, -0.2) is 31.2 Å². The SMILES string of the molecule is CC(C)C1COC(CO)OC1. The molecule has 11 heavy (non-hydrogen) atoms. The fraction of sp³-hybridized carbons (Fsp3) is 1.00. The highest BCUT2D eigenvalue weighted by Crippen LogP contribution is 2.17. The van der Waals surface area contributed by atoms with Crippen LogP contribution in [0.5, 0.6) is 0 Å². The number of hydrogen-bond donors (Lipinski definition) is 1. The van der Waals surface area contributed by atoms with Crippen LogP contribution < -0.4 is 0 Å². The van der Waals surface area contributed by atoms with Gasteiger partial charge < -0.3 is 14.6 Å². The van der Waals surface area contributed by atoms with E-state index in [1.54, 1.807) is 0 Å². The Morgan fingerprint density at radius 2 is 1.91 bits per heavy atom. The molecule has 0 atom stereocenters. The summed E-state index contributed by atoms with van der Waals surface area (Å²) in [5.74, 6) is 1.08. The second-order valence-corrected chi connectivity index (χ2v) is 3.28. The Labute approximate surface area is 67.3 Å². The summed E-state index contributed by atoms with van der Waals surface area (Å²) in [5, 5.41) is 8.67. The normalized spacial score (nSPS) is 32.7. The van der Waals surface area contributed by atoms with Crippen molar-refractivity contribution in [2.45, 2.75) is 20.1 Å². The quantitative estimate of drug-likeness (QED) is 0.643. The maximum Gasteiger partial charge on any atom is 0.180 e. The fourth-order valence-electron chi connectivity index (χ4n) is 1.05. The van der Waals surface area contributed by atoms with E-state index in [1.165, 1.54) is 0 Å². The third kappa shape index (κ3) is 2.43. The molecule has 3 heteroatoms. The topological polar surface area (TPSA) is 38.7 Å². The highest BCUT2D eigenvalue weighted by atomic mass is 16.7. The first-order valence-electron chi connectivity index (χ1n) is 4.08. The molecule has 1 fully saturated rings. The molecule has 0 spiro atoms. The minimum Gasteiger partial charge on any atom is -0.391 e. The average Bonchev–Trinajstić information content (AvgIpc) is 2.05. The van der Waals surface area contributed by atoms with Gasteiger partial charge >= 0.3 is 0 Å². The lowest BCUT2D eigenvalue weighted by atomic mass is 9.97. The third-order valence-corrected chi connectivity index (χ3v) is 2.08. The van der Waals surface area contributed by atoms with Gasteiger partial charge in [0.05, 0.1) is 19.8 Å². The summed E-state index contributed by atoms with van der Waals surface area (Å²) in [4.78, 5) is 0. The Balaban J connectivity index is 2.24. The van der Waals surface area contributed by atoms with Gasteiger partial charge in [-0.05, 0) is 5.92 Å². The van der Waals surface area contributed by atoms with Crippen LogP contribution in [0.4, 0.5) is 0 Å². The maximum atomic E-state index is 8.67. The number of ether oxygens (including phenoxy) is 2. The van der Waals surface area contributed by atoms with Crippen molar-refractivity contribution >= 4 is 0 Å². The van der Waals surface area contributed by atoms with Crippen LogP contribution in [0.25, 0.3) is 0 Å². The number of aliphatic hydroxyl groups excluding tert-OH is 1. The van der Waals surface area contributed by atoms with Gasteiger partial charge in [0.1, 0.15) is 0 Å². The van der Waals surface area contributed by atoms with Crippen molar-refractivity contribution < 1.29 is 14.6 Å². The summed E-state index contributed by atoms with van der Waals surface area (Å²) in [6, 6.07) is 0. The molecule has 66 valence electrons. The van der Waals surface area contributed by atoms with E-state index in [2.05, 4.69) is 13.8 Å². The number of rotatable bonds is 2. The minimum atomic E-state index is -0.384. The first-order valence-corrected chi connectivity index (χ1v) is 4.08. The summed E-state index contributed by atoms with van der Waals surface area (Å²) < 4.78 is 10.5. The Kier molecular flexibility index (Phi) is 3.30. The zero-order chi connectivity index (χ0) is 8.27. The molecule has 1 heterocycles. The number of aliphatic hydroxyl groups is 1. The first-order chi connectivity index (χ1) is 5.24. The van der Waals surface area contributed by atoms with Crippen molar-refractivity contribution in [2.24, 2.45) is 11.8 Å². The van der Waals surface area contributed by atoms with Crippen molar-refractivity contribution in [1.82, 2.24) is 0 Å². The Bertz CT molecular complexity index is 106. The minimum absolute atomic E-state index is 0.0369. The van der Waals surface area contributed by atoms with Gasteiger partial charge in [-0.2, -0.15) is 0 Å². The monoisotopic (exact) mass is 160 g/mol. The van der Waals surface area contributed by atoms with E-state index in [0.29, 0.717) is 25.0 Å². The summed E-state index contributed by atoms with van der Waals surface area (Å²) in [6.07, 6.45) is -0.384. The zero-order valence-electron chi connectivity index (χ0n) is 7.12. The first kappa shape index (κ1) is 8.97. The van der Waals surface area contributed by atoms with Crippen molar-refractivity contribution in [3.63, 3.8) is 0 Å². The van der Waals surface area contributed by atoms with Crippen LogP contribution in [0.15, 0.2) is 0 Å². The molecule has 1 N–H and O–H groups in total. The van der Waals surface area contributed by atoms with E-state index in [4.69, 9.17) is 14.6 Å². The largest absolute Gasteiger partial charge is 0.391 e. The molecule has 0 unspecified atom stereocenters. The average molecular weight is 160 g/mol. The molecule has 0 radical (unpaired) electrons. The fourth-order valence-corrected chi connectivity index (χ4v) is 1.05. The van der Waals surface area contributed by atoms with Crippen molar-refractivity contribution in [1.29, 1.82) is 0 Å². The predicted octanol–water partition coefficient (Wildman–Crippen LogP) is 0.624. The Hall–Kier alpha value is -0.120. The van der Waals surface area contributed by atoms with Gasteiger partial charge in [0.2, 0.25) is 0 Å². The van der Waals surface area contributed by atoms with Gasteiger partial charge in [0.25, 0.3) is 0 Å². The predicted molar refractivity (Wildman–Crippen MR) is 41.1 cm³/mol. The third-order valence-electron chi connectivity index (χ3n) is 2.08. The van der Waals surface area contributed by atoms with Crippen LogP contribution in [0, 0.1) is 11.8 Å². The van der Waals surface area contributed by atoms with Crippen LogP contribution in [0.3, 0.4) is 0 Å². The van der Waals surface area contributed by atoms with Gasteiger partial charge in [-0.25, -0.2) is 0 Å². The molecule has 0 aliphatic carbocycles. The van der Waals surface area contributed by atoms with Gasteiger partial charge in [0.15, 0.2) is 6.29 Å². The summed E-state index contributed by atoms with van der Waals surface area (Å²) in [7, 11) is 0. The maximum absolute atomic E-state index is 8.67. The molecule has 1 saturated heterocycles. The Morgan fingerprint density at radius 1 is 1.36 bits per heavy atom. The van der Waals surface area contributed by atoms with E-state index in [-0.39, 0.29) is 12.9 Å². The Morgan fingerprint density at radius 3 is 2.27 bits per heavy atom. The molecule has 1 aliphatic rings. The molecule has 0 aromatic rings. The van der Waals surface area contributed by atoms with Crippen LogP contribution in [-0.2, 0) is 9.47 Å². The van der Waals surface area contributed by atoms with Crippen molar-refractivity contribution in [3.8, 4) is 0 Å². The van der Waals surface area contributed by atoms with Gasteiger partial charge in [0, 0.05) is 5.92 Å². The zero-order valence-corrected chi connectivity index (χ0v) is 7.12. The van der Waals surface area contributed by atoms with E-state index < -0.39 is 0 Å². The van der Waals surface area contributed by atoms with E-state index in [0.717, 1.165) is 0 Å². The molecule has 1 aliphatic heterocycles. The van der Waals surface area contributed by atoms with Crippen molar-refractivity contribution in [2.75, 3.05) is 19.8 Å². The lowest BCUT2D eigenvalue weighted by molar-refractivity contribution is -0.220. The van der Waals surface area contributed by atoms with Gasteiger partial charge in [-0.15, -0.1) is 0 Å². The summed E-state index contributed by atoms with van der Waals surface area (Å²) >= 11 is 0. The highest BCUT2D eigenvalue weighted by Gasteiger charge is 2.23. The molecule has 0 saturated carbocycles. The molecule has 0 bridgehead atoms. The summed E-state index contributed by atoms with van der Waals surface area (Å²) in [5.41, 5.74) is 0. The molecule has 3 nitrogen and oxygen atoms in total. The molecule has 0 aromatic heterocycles. The van der Waals surface area contributed by atoms with Crippen molar-refractivity contribution in [3.05, 3.63) is 0 Å². The highest BCUT2D eigenvalue weighted by molar-refractivity contribution is 4.65. The molecular formula is C8H16O3. The lowest BCUT2D eigenvalue weighted by Crippen LogP contribution is -2.36. The van der Waals surface area contributed by atoms with Crippen LogP contribution >= 0.6 is 0 Å². The van der Waals surface area contributed by atoms with Gasteiger partial charge in [-0.1, -0.05) is 13.8 Å². The van der Waals surface area contributed by atoms with Crippen LogP contribution in [0.1, 0.15) is 13.8 Å². The standard InChI is InChI=1S/C8H16O3/c1-6(2)7-4-10-8(3-9)11-5-7/h6-9H,3-5H2,1-2H3. The lowest BCUT2D eigenvalue weighted by Gasteiger charge is -2.30. The van der Waals surface area contributed by atoms with E-state index in [9.17, 15) is 0 Å². The van der Waals surface area contributed by atoms with Crippen LogP contribution in [0.2, 0.25) is 0 Å². The van der Waals surface area contributed by atoms with Gasteiger partial charge in [-0.3, -0.25) is 0 Å². The molecule has 1 rings (SSSR count). The molecule has 0 aromatic carbocycles. The summed E-state index contributed by atoms with van der Waals surface area (Å²) in [6.45, 7) is 5.68. The smallest absolute Gasteiger partial charge is 0.180 e. The number of hydrogen-bond acceptors (Lipinski definition) is 3.